The number of amides is 1. The summed E-state index contributed by atoms with van der Waals surface area (Å²) in [6.45, 7) is 6.06. The molecule has 98 valence electrons. The third kappa shape index (κ3) is 2.43. The minimum atomic E-state index is 0.0742. The summed E-state index contributed by atoms with van der Waals surface area (Å²) in [4.78, 5) is 14.1. The molecule has 1 aliphatic rings. The van der Waals surface area contributed by atoms with E-state index in [2.05, 4.69) is 25.1 Å². The minimum absolute atomic E-state index is 0.0742. The van der Waals surface area contributed by atoms with Crippen molar-refractivity contribution in [1.29, 1.82) is 0 Å². The zero-order valence-electron chi connectivity index (χ0n) is 11.9. The Morgan fingerprint density at radius 2 is 2.11 bits per heavy atom. The van der Waals surface area contributed by atoms with Crippen LogP contribution >= 0.6 is 0 Å². The van der Waals surface area contributed by atoms with Gasteiger partial charge < -0.3 is 4.90 Å². The monoisotopic (exact) mass is 245 g/mol. The largest absolute Gasteiger partial charge is 0.338 e. The van der Waals surface area contributed by atoms with Crippen molar-refractivity contribution >= 4 is 5.91 Å². The van der Waals surface area contributed by atoms with Gasteiger partial charge in [0.15, 0.2) is 0 Å². The molecule has 2 rings (SSSR count). The topological polar surface area (TPSA) is 20.3 Å². The standard InChI is InChI=1S/C16H23NO/c1-11(2)16(18)17(4)15-7-5-6-13-9-8-12(3)10-14(13)15/h8-11,15H,5-7H2,1-4H3/t15-/m0/s1. The van der Waals surface area contributed by atoms with Gasteiger partial charge in [-0.1, -0.05) is 37.6 Å². The molecule has 1 amide bonds. The summed E-state index contributed by atoms with van der Waals surface area (Å²) >= 11 is 0. The summed E-state index contributed by atoms with van der Waals surface area (Å²) in [5.41, 5.74) is 4.06. The maximum absolute atomic E-state index is 12.2. The molecule has 1 atom stereocenters. The summed E-state index contributed by atoms with van der Waals surface area (Å²) < 4.78 is 0. The number of carbonyl (C=O) groups is 1. The van der Waals surface area contributed by atoms with E-state index in [9.17, 15) is 4.79 Å². The minimum Gasteiger partial charge on any atom is -0.338 e. The van der Waals surface area contributed by atoms with Crippen LogP contribution in [0.15, 0.2) is 18.2 Å². The van der Waals surface area contributed by atoms with Crippen LogP contribution in [0.2, 0.25) is 0 Å². The molecular weight excluding hydrogens is 222 g/mol. The van der Waals surface area contributed by atoms with Crippen LogP contribution in [0.25, 0.3) is 0 Å². The van der Waals surface area contributed by atoms with Crippen molar-refractivity contribution in [3.63, 3.8) is 0 Å². The molecule has 2 heteroatoms. The summed E-state index contributed by atoms with van der Waals surface area (Å²) in [5.74, 6) is 0.319. The second kappa shape index (κ2) is 5.13. The van der Waals surface area contributed by atoms with Crippen LogP contribution in [0, 0.1) is 12.8 Å². The van der Waals surface area contributed by atoms with Gasteiger partial charge in [-0.2, -0.15) is 0 Å². The van der Waals surface area contributed by atoms with E-state index < -0.39 is 0 Å². The summed E-state index contributed by atoms with van der Waals surface area (Å²) in [7, 11) is 1.95. The molecule has 1 aliphatic carbocycles. The van der Waals surface area contributed by atoms with Crippen molar-refractivity contribution in [2.75, 3.05) is 7.05 Å². The number of hydrogen-bond acceptors (Lipinski definition) is 1. The highest BCUT2D eigenvalue weighted by Gasteiger charge is 2.27. The van der Waals surface area contributed by atoms with E-state index in [0.29, 0.717) is 0 Å². The smallest absolute Gasteiger partial charge is 0.225 e. The van der Waals surface area contributed by atoms with Crippen LogP contribution < -0.4 is 0 Å². The van der Waals surface area contributed by atoms with Crippen molar-refractivity contribution in [2.24, 2.45) is 5.92 Å². The lowest BCUT2D eigenvalue weighted by molar-refractivity contribution is -0.135. The molecule has 0 bridgehead atoms. The quantitative estimate of drug-likeness (QED) is 0.781. The lowest BCUT2D eigenvalue weighted by Crippen LogP contribution is -2.35. The van der Waals surface area contributed by atoms with Gasteiger partial charge in [0, 0.05) is 13.0 Å². The number of nitrogens with zero attached hydrogens (tertiary/aromatic N) is 1. The Labute approximate surface area is 110 Å². The Balaban J connectivity index is 2.32. The molecule has 0 aromatic heterocycles. The van der Waals surface area contributed by atoms with Crippen molar-refractivity contribution in [1.82, 2.24) is 4.90 Å². The summed E-state index contributed by atoms with van der Waals surface area (Å²) in [6, 6.07) is 6.92. The maximum atomic E-state index is 12.2. The highest BCUT2D eigenvalue weighted by atomic mass is 16.2. The van der Waals surface area contributed by atoms with Gasteiger partial charge in [0.05, 0.1) is 6.04 Å². The number of rotatable bonds is 2. The molecule has 0 saturated heterocycles. The second-order valence-electron chi connectivity index (χ2n) is 5.71. The van der Waals surface area contributed by atoms with Crippen molar-refractivity contribution in [3.8, 4) is 0 Å². The molecule has 0 unspecified atom stereocenters. The fraction of sp³-hybridized carbons (Fsp3) is 0.562. The molecule has 1 aromatic carbocycles. The molecule has 0 spiro atoms. The third-order valence-electron chi connectivity index (χ3n) is 3.89. The number of hydrogen-bond donors (Lipinski definition) is 0. The molecule has 0 radical (unpaired) electrons. The first kappa shape index (κ1) is 13.1. The van der Waals surface area contributed by atoms with Crippen LogP contribution in [0.3, 0.4) is 0 Å². The molecule has 0 aliphatic heterocycles. The third-order valence-corrected chi connectivity index (χ3v) is 3.89. The second-order valence-corrected chi connectivity index (χ2v) is 5.71. The fourth-order valence-electron chi connectivity index (χ4n) is 2.86. The number of carbonyl (C=O) groups excluding carboxylic acids is 1. The van der Waals surface area contributed by atoms with E-state index in [1.807, 2.05) is 25.8 Å². The highest BCUT2D eigenvalue weighted by Crippen LogP contribution is 2.34. The van der Waals surface area contributed by atoms with Crippen LogP contribution in [0.4, 0.5) is 0 Å². The average molecular weight is 245 g/mol. The summed E-state index contributed by atoms with van der Waals surface area (Å²) in [6.07, 6.45) is 3.41. The van der Waals surface area contributed by atoms with Gasteiger partial charge in [0.1, 0.15) is 0 Å². The number of fused-ring (bicyclic) bond motifs is 1. The zero-order valence-corrected chi connectivity index (χ0v) is 11.9. The predicted octanol–water partition coefficient (Wildman–Crippen LogP) is 3.49. The van der Waals surface area contributed by atoms with E-state index in [4.69, 9.17) is 0 Å². The normalized spacial score (nSPS) is 18.6. The van der Waals surface area contributed by atoms with Crippen molar-refractivity contribution < 1.29 is 4.79 Å². The Bertz CT molecular complexity index is 450. The molecule has 18 heavy (non-hydrogen) atoms. The molecule has 0 fully saturated rings. The van der Waals surface area contributed by atoms with Crippen LogP contribution in [0.5, 0.6) is 0 Å². The molecule has 0 N–H and O–H groups in total. The van der Waals surface area contributed by atoms with E-state index >= 15 is 0 Å². The fourth-order valence-corrected chi connectivity index (χ4v) is 2.86. The van der Waals surface area contributed by atoms with Crippen LogP contribution in [0.1, 0.15) is 49.4 Å². The van der Waals surface area contributed by atoms with Crippen molar-refractivity contribution in [3.05, 3.63) is 34.9 Å². The Kier molecular flexibility index (Phi) is 3.74. The van der Waals surface area contributed by atoms with Gasteiger partial charge in [-0.3, -0.25) is 4.79 Å². The molecule has 1 aromatic rings. The SMILES string of the molecule is Cc1ccc2c(c1)[C@@H](N(C)C(=O)C(C)C)CCC2. The summed E-state index contributed by atoms with van der Waals surface area (Å²) in [5, 5.41) is 0. The van der Waals surface area contributed by atoms with Gasteiger partial charge in [0.2, 0.25) is 5.91 Å². The van der Waals surface area contributed by atoms with Gasteiger partial charge >= 0.3 is 0 Å². The van der Waals surface area contributed by atoms with E-state index in [-0.39, 0.29) is 17.9 Å². The maximum Gasteiger partial charge on any atom is 0.225 e. The first-order chi connectivity index (χ1) is 8.50. The molecular formula is C16H23NO. The van der Waals surface area contributed by atoms with Gasteiger partial charge in [-0.05, 0) is 37.3 Å². The van der Waals surface area contributed by atoms with Crippen LogP contribution in [-0.4, -0.2) is 17.9 Å². The van der Waals surface area contributed by atoms with Gasteiger partial charge in [0.25, 0.3) is 0 Å². The molecule has 0 heterocycles. The van der Waals surface area contributed by atoms with Crippen molar-refractivity contribution in [2.45, 2.75) is 46.1 Å². The van der Waals surface area contributed by atoms with Gasteiger partial charge in [-0.15, -0.1) is 0 Å². The Morgan fingerprint density at radius 1 is 1.39 bits per heavy atom. The predicted molar refractivity (Wildman–Crippen MR) is 74.5 cm³/mol. The lowest BCUT2D eigenvalue weighted by atomic mass is 9.85. The Morgan fingerprint density at radius 3 is 2.78 bits per heavy atom. The first-order valence-corrected chi connectivity index (χ1v) is 6.87. The molecule has 2 nitrogen and oxygen atoms in total. The number of aryl methyl sites for hydroxylation is 2. The highest BCUT2D eigenvalue weighted by molar-refractivity contribution is 5.78. The zero-order chi connectivity index (χ0) is 13.3. The lowest BCUT2D eigenvalue weighted by Gasteiger charge is -2.34. The van der Waals surface area contributed by atoms with Gasteiger partial charge in [-0.25, -0.2) is 0 Å². The number of benzene rings is 1. The van der Waals surface area contributed by atoms with E-state index in [1.54, 1.807) is 0 Å². The Hall–Kier alpha value is -1.31. The van der Waals surface area contributed by atoms with Crippen LogP contribution in [-0.2, 0) is 11.2 Å². The van der Waals surface area contributed by atoms with E-state index in [0.717, 1.165) is 12.8 Å². The average Bonchev–Trinajstić information content (AvgIpc) is 2.36. The van der Waals surface area contributed by atoms with E-state index in [1.165, 1.54) is 23.1 Å². The first-order valence-electron chi connectivity index (χ1n) is 6.87. The molecule has 0 saturated carbocycles.